The van der Waals surface area contributed by atoms with Gasteiger partial charge in [-0.15, -0.1) is 0 Å². The summed E-state index contributed by atoms with van der Waals surface area (Å²) in [4.78, 5) is 38.5. The van der Waals surface area contributed by atoms with Crippen LogP contribution in [0.5, 0.6) is 0 Å². The zero-order chi connectivity index (χ0) is 24.4. The molecule has 0 amide bonds. The van der Waals surface area contributed by atoms with Crippen LogP contribution >= 0.6 is 15.4 Å². The number of hydrogen-bond donors (Lipinski definition) is 3. The summed E-state index contributed by atoms with van der Waals surface area (Å²) in [7, 11) is -7.81. The third-order valence-electron chi connectivity index (χ3n) is 4.63. The number of nitrogens with zero attached hydrogens (tertiary/aromatic N) is 3. The molecule has 2 aromatic rings. The van der Waals surface area contributed by atoms with Crippen LogP contribution in [0.25, 0.3) is 0 Å². The summed E-state index contributed by atoms with van der Waals surface area (Å²) < 4.78 is 44.9. The molecule has 0 radical (unpaired) electrons. The Balaban J connectivity index is 1.80. The van der Waals surface area contributed by atoms with Crippen molar-refractivity contribution in [3.05, 3.63) is 63.2 Å². The largest absolute Gasteiger partial charge is 0.481 e. The molecule has 1 aliphatic rings. The maximum atomic E-state index is 12.9. The molecule has 3 heterocycles. The minimum atomic E-state index is -4.48. The molecule has 0 aromatic carbocycles. The second-order valence-corrected chi connectivity index (χ2v) is 10.9. The second kappa shape index (κ2) is 10.1. The lowest BCUT2D eigenvalue weighted by atomic mass is 10.1. The first-order chi connectivity index (χ1) is 15.4. The lowest BCUT2D eigenvalue weighted by Gasteiger charge is -2.20. The smallest absolute Gasteiger partial charge is 0.387 e. The number of aliphatic hydroxyl groups excluding tert-OH is 2. The van der Waals surface area contributed by atoms with Crippen molar-refractivity contribution in [2.24, 2.45) is 0 Å². The van der Waals surface area contributed by atoms with Crippen molar-refractivity contribution >= 4 is 15.4 Å². The van der Waals surface area contributed by atoms with Gasteiger partial charge >= 0.3 is 21.1 Å². The van der Waals surface area contributed by atoms with Crippen LogP contribution in [0.1, 0.15) is 11.9 Å². The minimum Gasteiger partial charge on any atom is -0.387 e. The molecule has 6 unspecified atom stereocenters. The van der Waals surface area contributed by atoms with E-state index in [4.69, 9.17) is 9.26 Å². The van der Waals surface area contributed by atoms with Crippen molar-refractivity contribution in [1.29, 1.82) is 0 Å². The zero-order valence-corrected chi connectivity index (χ0v) is 19.3. The number of ether oxygens (including phenoxy) is 1. The van der Waals surface area contributed by atoms with E-state index in [9.17, 15) is 33.8 Å². The zero-order valence-electron chi connectivity index (χ0n) is 17.5. The van der Waals surface area contributed by atoms with Crippen LogP contribution < -0.4 is 11.2 Å². The van der Waals surface area contributed by atoms with Crippen molar-refractivity contribution in [1.82, 2.24) is 14.1 Å². The van der Waals surface area contributed by atoms with E-state index in [-0.39, 0.29) is 6.54 Å². The van der Waals surface area contributed by atoms with E-state index in [0.29, 0.717) is 5.69 Å². The molecule has 1 aliphatic heterocycles. The Hall–Kier alpha value is -1.99. The van der Waals surface area contributed by atoms with Gasteiger partial charge in [0.2, 0.25) is 0 Å². The Morgan fingerprint density at radius 1 is 1.18 bits per heavy atom. The van der Waals surface area contributed by atoms with E-state index < -0.39 is 57.8 Å². The summed E-state index contributed by atoms with van der Waals surface area (Å²) in [6, 6.07) is 6.08. The molecule has 3 N–H and O–H groups in total. The average Bonchev–Trinajstić information content (AvgIpc) is 3.03. The summed E-state index contributed by atoms with van der Waals surface area (Å²) in [6.07, 6.45) is -3.37. The first-order valence-electron chi connectivity index (χ1n) is 9.49. The van der Waals surface area contributed by atoms with Crippen LogP contribution in [-0.2, 0) is 33.8 Å². The highest BCUT2D eigenvalue weighted by Gasteiger charge is 2.46. The van der Waals surface area contributed by atoms with E-state index in [1.807, 2.05) is 0 Å². The highest BCUT2D eigenvalue weighted by molar-refractivity contribution is 7.63. The fourth-order valence-electron chi connectivity index (χ4n) is 3.08. The average molecular weight is 507 g/mol. The van der Waals surface area contributed by atoms with Crippen LogP contribution in [0.2, 0.25) is 0 Å². The normalized spacial score (nSPS) is 26.6. The minimum absolute atomic E-state index is 0.135. The molecule has 0 bridgehead atoms. The van der Waals surface area contributed by atoms with Crippen LogP contribution in [0.4, 0.5) is 0 Å². The molecule has 33 heavy (non-hydrogen) atoms. The predicted molar refractivity (Wildman–Crippen MR) is 112 cm³/mol. The van der Waals surface area contributed by atoms with Gasteiger partial charge in [-0.05, 0) is 12.1 Å². The summed E-state index contributed by atoms with van der Waals surface area (Å²) in [5.74, 6) is 0. The summed E-state index contributed by atoms with van der Waals surface area (Å²) >= 11 is 0. The number of pyridine rings is 1. The van der Waals surface area contributed by atoms with Gasteiger partial charge in [-0.2, -0.15) is 0 Å². The number of rotatable bonds is 9. The highest BCUT2D eigenvalue weighted by atomic mass is 31.3. The molecule has 0 spiro atoms. The van der Waals surface area contributed by atoms with E-state index in [0.717, 1.165) is 35.2 Å². The summed E-state index contributed by atoms with van der Waals surface area (Å²) in [6.45, 7) is -0.0406. The Morgan fingerprint density at radius 2 is 1.91 bits per heavy atom. The fourth-order valence-corrected chi connectivity index (χ4v) is 5.46. The number of phosphoric ester groups is 1. The monoisotopic (exact) mass is 507 g/mol. The first-order valence-corrected chi connectivity index (χ1v) is 13.0. The number of phosphoric acid groups is 1. The lowest BCUT2D eigenvalue weighted by Crippen LogP contribution is -2.43. The Bertz CT molecular complexity index is 1180. The molecule has 16 heteroatoms. The third kappa shape index (κ3) is 6.12. The second-order valence-electron chi connectivity index (χ2n) is 7.11. The van der Waals surface area contributed by atoms with E-state index in [1.54, 1.807) is 18.2 Å². The summed E-state index contributed by atoms with van der Waals surface area (Å²) in [5.41, 5.74) is -0.994. The van der Waals surface area contributed by atoms with Gasteiger partial charge in [-0.25, -0.2) is 13.7 Å². The maximum absolute atomic E-state index is 12.9. The molecule has 0 saturated carbocycles. The molecule has 2 aromatic heterocycles. The summed E-state index contributed by atoms with van der Waals surface area (Å²) in [5, 5.41) is 20.7. The van der Waals surface area contributed by atoms with Crippen LogP contribution in [0.15, 0.2) is 46.2 Å². The number of aromatic nitrogens is 3. The number of hydrogen-bond acceptors (Lipinski definition) is 11. The standard InChI is InChI=1S/C17H23N3O11P2/c1-28-33(27,31-32(2,25)26)29-10-12-14(22)15(23)16(30-12)19-8-6-13(21)20(17(19)24)9-11-5-3-4-7-18-11/h3-8,12,14-16,22-23H,9-10H2,1-2H3,(H,25,26). The molecule has 14 nitrogen and oxygen atoms in total. The SMILES string of the molecule is COP(=O)(OCC1OC(n2ccc(=O)n(Cc3ccccn3)c2=O)C(O)C1O)OP(C)(=O)O. The van der Waals surface area contributed by atoms with Gasteiger partial charge < -0.3 is 19.8 Å². The van der Waals surface area contributed by atoms with Crippen LogP contribution in [0.3, 0.4) is 0 Å². The molecule has 182 valence electrons. The van der Waals surface area contributed by atoms with Crippen molar-refractivity contribution in [2.45, 2.75) is 31.1 Å². The molecular weight excluding hydrogens is 484 g/mol. The van der Waals surface area contributed by atoms with Gasteiger partial charge in [-0.1, -0.05) is 6.07 Å². The molecule has 6 atom stereocenters. The van der Waals surface area contributed by atoms with E-state index in [1.165, 1.54) is 6.20 Å². The van der Waals surface area contributed by atoms with Crippen molar-refractivity contribution in [3.63, 3.8) is 0 Å². The van der Waals surface area contributed by atoms with Gasteiger partial charge in [-0.3, -0.25) is 32.5 Å². The van der Waals surface area contributed by atoms with Crippen molar-refractivity contribution in [2.75, 3.05) is 20.4 Å². The third-order valence-corrected chi connectivity index (χ3v) is 7.55. The fraction of sp³-hybridized carbons (Fsp3) is 0.471. The van der Waals surface area contributed by atoms with Crippen LogP contribution in [-0.4, -0.2) is 67.9 Å². The van der Waals surface area contributed by atoms with Gasteiger partial charge in [0, 0.05) is 32.2 Å². The van der Waals surface area contributed by atoms with Gasteiger partial charge in [0.15, 0.2) is 6.23 Å². The number of aliphatic hydroxyl groups is 2. The molecule has 1 saturated heterocycles. The molecule has 0 aliphatic carbocycles. The van der Waals surface area contributed by atoms with E-state index >= 15 is 0 Å². The van der Waals surface area contributed by atoms with Gasteiger partial charge in [0.05, 0.1) is 18.8 Å². The maximum Gasteiger partial charge on any atom is 0.481 e. The van der Waals surface area contributed by atoms with Crippen molar-refractivity contribution < 1.29 is 42.3 Å². The quantitative estimate of drug-likeness (QED) is 0.376. The van der Waals surface area contributed by atoms with Gasteiger partial charge in [0.1, 0.15) is 18.3 Å². The highest BCUT2D eigenvalue weighted by Crippen LogP contribution is 2.61. The van der Waals surface area contributed by atoms with Gasteiger partial charge in [0.25, 0.3) is 5.56 Å². The topological polar surface area (TPSA) is 189 Å². The predicted octanol–water partition coefficient (Wildman–Crippen LogP) is -0.325. The lowest BCUT2D eigenvalue weighted by molar-refractivity contribution is -0.0550. The molecule has 3 rings (SSSR count). The Kier molecular flexibility index (Phi) is 7.84. The Labute approximate surface area is 187 Å². The Morgan fingerprint density at radius 3 is 2.52 bits per heavy atom. The first kappa shape index (κ1) is 25.6. The molecule has 1 fully saturated rings. The van der Waals surface area contributed by atoms with E-state index in [2.05, 4.69) is 13.8 Å². The van der Waals surface area contributed by atoms with Crippen LogP contribution in [0, 0.1) is 0 Å². The van der Waals surface area contributed by atoms with Crippen molar-refractivity contribution in [3.8, 4) is 0 Å². The molecular formula is C17H23N3O11P2.